The number of nitriles is 1. The zero-order valence-electron chi connectivity index (χ0n) is 29.7. The fraction of sp³-hybridized carbons (Fsp3) is 0.368. The first kappa shape index (κ1) is 38.5. The molecule has 1 aliphatic rings. The van der Waals surface area contributed by atoms with Gasteiger partial charge in [0.05, 0.1) is 30.1 Å². The molecule has 0 unspecified atom stereocenters. The number of aromatic nitrogens is 2. The van der Waals surface area contributed by atoms with Gasteiger partial charge < -0.3 is 14.4 Å². The molecule has 0 bridgehead atoms. The highest BCUT2D eigenvalue weighted by atomic mass is 32.2. The van der Waals surface area contributed by atoms with E-state index in [-0.39, 0.29) is 25.6 Å². The van der Waals surface area contributed by atoms with Gasteiger partial charge in [-0.3, -0.25) is 13.8 Å². The summed E-state index contributed by atoms with van der Waals surface area (Å²) in [4.78, 5) is 29.8. The maximum atomic E-state index is 14.7. The van der Waals surface area contributed by atoms with E-state index < -0.39 is 59.1 Å². The number of halogens is 1. The van der Waals surface area contributed by atoms with Gasteiger partial charge in [-0.2, -0.15) is 18.8 Å². The lowest BCUT2D eigenvalue weighted by Crippen LogP contribution is -2.48. The Morgan fingerprint density at radius 1 is 1.06 bits per heavy atom. The highest BCUT2D eigenvalue weighted by molar-refractivity contribution is 7.86. The molecule has 0 radical (unpaired) electrons. The molecule has 1 aromatic heterocycles. The molecule has 2 heterocycles. The second kappa shape index (κ2) is 16.8. The Balaban J connectivity index is 1.55. The summed E-state index contributed by atoms with van der Waals surface area (Å²) in [6, 6.07) is 23.6. The number of ether oxygens (including phenoxy) is 2. The van der Waals surface area contributed by atoms with E-state index in [4.69, 9.17) is 13.7 Å². The average Bonchev–Trinajstić information content (AvgIpc) is 3.59. The number of hydrogen-bond acceptors (Lipinski definition) is 9. The molecule has 3 atom stereocenters. The van der Waals surface area contributed by atoms with Crippen molar-refractivity contribution in [2.75, 3.05) is 19.4 Å². The second-order valence-corrected chi connectivity index (χ2v) is 21.3. The van der Waals surface area contributed by atoms with Gasteiger partial charge in [0.25, 0.3) is 21.5 Å². The van der Waals surface area contributed by atoms with Crippen molar-refractivity contribution in [1.82, 2.24) is 14.7 Å². The third-order valence-corrected chi connectivity index (χ3v) is 11.0. The molecule has 1 fully saturated rings. The van der Waals surface area contributed by atoms with Crippen molar-refractivity contribution < 1.29 is 31.3 Å². The van der Waals surface area contributed by atoms with E-state index in [9.17, 15) is 27.7 Å². The third kappa shape index (κ3) is 10.2. The van der Waals surface area contributed by atoms with Crippen molar-refractivity contribution in [1.29, 1.82) is 5.26 Å². The minimum absolute atomic E-state index is 0.0314. The third-order valence-electron chi connectivity index (χ3n) is 8.75. The molecule has 5 rings (SSSR count). The van der Waals surface area contributed by atoms with Crippen molar-refractivity contribution in [2.24, 2.45) is 0 Å². The van der Waals surface area contributed by atoms with Crippen LogP contribution < -0.4 is 10.2 Å². The summed E-state index contributed by atoms with van der Waals surface area (Å²) in [5.74, 6) is -2.25. The fourth-order valence-corrected chi connectivity index (χ4v) is 7.60. The van der Waals surface area contributed by atoms with Crippen LogP contribution in [0.25, 0.3) is 0 Å². The number of hydrogen-bond donors (Lipinski definition) is 0. The van der Waals surface area contributed by atoms with Gasteiger partial charge in [0.1, 0.15) is 25.3 Å². The molecule has 4 aromatic rings. The van der Waals surface area contributed by atoms with Crippen LogP contribution in [0.1, 0.15) is 51.5 Å². The van der Waals surface area contributed by atoms with Crippen molar-refractivity contribution in [3.05, 3.63) is 129 Å². The van der Waals surface area contributed by atoms with Crippen molar-refractivity contribution in [3.63, 3.8) is 0 Å². The molecule has 0 saturated carbocycles. The van der Waals surface area contributed by atoms with Gasteiger partial charge in [-0.25, -0.2) is 9.07 Å². The number of likely N-dealkylation sites (tertiary alicyclic amines) is 1. The predicted molar refractivity (Wildman–Crippen MR) is 197 cm³/mol. The van der Waals surface area contributed by atoms with Gasteiger partial charge in [0, 0.05) is 27.1 Å². The van der Waals surface area contributed by atoms with Crippen LogP contribution in [0.3, 0.4) is 0 Å². The zero-order valence-corrected chi connectivity index (χ0v) is 31.5. The summed E-state index contributed by atoms with van der Waals surface area (Å²) in [7, 11) is -5.53. The first-order valence-corrected chi connectivity index (χ1v) is 22.6. The van der Waals surface area contributed by atoms with Crippen LogP contribution in [0.4, 0.5) is 4.39 Å². The Morgan fingerprint density at radius 2 is 1.79 bits per heavy atom. The molecule has 52 heavy (non-hydrogen) atoms. The Hall–Kier alpha value is -4.68. The smallest absolute Gasteiger partial charge is 0.278 e. The lowest BCUT2D eigenvalue weighted by atomic mass is 9.82. The molecule has 11 nitrogen and oxygen atoms in total. The highest BCUT2D eigenvalue weighted by Crippen LogP contribution is 2.38. The average molecular weight is 747 g/mol. The van der Waals surface area contributed by atoms with E-state index in [2.05, 4.69) is 30.8 Å². The normalized spacial score (nSPS) is 15.9. The Labute approximate surface area is 304 Å². The molecule has 274 valence electrons. The lowest BCUT2D eigenvalue weighted by molar-refractivity contribution is 0.0514. The summed E-state index contributed by atoms with van der Waals surface area (Å²) in [5.41, 5.74) is 1.01. The molecule has 3 aromatic carbocycles. The molecular formula is C38H43FN4O7SSi. The van der Waals surface area contributed by atoms with Crippen LogP contribution in [0, 0.1) is 17.1 Å². The minimum atomic E-state index is -4.14. The van der Waals surface area contributed by atoms with Crippen LogP contribution in [0.5, 0.6) is 5.75 Å². The Kier molecular flexibility index (Phi) is 12.4. The first-order chi connectivity index (χ1) is 24.7. The standard InChI is InChI=1S/C38H43FN4O7SSi/c1-51(46,47)50-37(34(30-12-8-13-31(39)22-30)29-17-15-27(23-40)16-18-29)32-14-9-19-43(32)38(45)35-36(44)33(49-25-28-10-6-5-7-11-28)24-42(41-35)26-48-20-21-52(2,3)4/h5-8,10-13,15-18,22,24,32,34,37H,9,14,19-21,25-26H2,1-4H3/t32-,34-,37+/m1/s1. The molecule has 14 heteroatoms. The molecule has 1 amide bonds. The van der Waals surface area contributed by atoms with Gasteiger partial charge in [0.15, 0.2) is 11.4 Å². The quantitative estimate of drug-likeness (QED) is 0.0823. The fourth-order valence-electron chi connectivity index (χ4n) is 6.20. The topological polar surface area (TPSA) is 141 Å². The first-order valence-electron chi connectivity index (χ1n) is 17.0. The number of nitrogens with zero attached hydrogens (tertiary/aromatic N) is 4. The molecule has 0 aliphatic carbocycles. The van der Waals surface area contributed by atoms with Crippen LogP contribution in [-0.4, -0.2) is 68.6 Å². The van der Waals surface area contributed by atoms with E-state index in [0.29, 0.717) is 36.1 Å². The highest BCUT2D eigenvalue weighted by Gasteiger charge is 2.44. The van der Waals surface area contributed by atoms with Gasteiger partial charge in [-0.05, 0) is 59.8 Å². The van der Waals surface area contributed by atoms with Gasteiger partial charge in [-0.1, -0.05) is 74.2 Å². The van der Waals surface area contributed by atoms with Gasteiger partial charge >= 0.3 is 0 Å². The summed E-state index contributed by atoms with van der Waals surface area (Å²) in [5, 5.41) is 13.8. The van der Waals surface area contributed by atoms with Crippen LogP contribution in [0.15, 0.2) is 89.9 Å². The molecule has 0 spiro atoms. The van der Waals surface area contributed by atoms with Crippen LogP contribution in [0.2, 0.25) is 25.7 Å². The SMILES string of the molecule is C[Si](C)(C)CCOCn1cc(OCc2ccccc2)c(=O)c(C(=O)N2CCC[C@@H]2[C@H](OS(C)(=O)=O)[C@H](c2ccc(C#N)cc2)c2cccc(F)c2)n1. The zero-order chi connectivity index (χ0) is 37.5. The van der Waals surface area contributed by atoms with E-state index >= 15 is 0 Å². The molecule has 0 N–H and O–H groups in total. The number of amides is 1. The number of rotatable bonds is 15. The molecular weight excluding hydrogens is 704 g/mol. The number of carbonyl (C=O) groups excluding carboxylic acids is 1. The minimum Gasteiger partial charge on any atom is -0.483 e. The summed E-state index contributed by atoms with van der Waals surface area (Å²) in [6.45, 7) is 7.38. The maximum absolute atomic E-state index is 14.7. The molecule has 1 aliphatic heterocycles. The van der Waals surface area contributed by atoms with Crippen LogP contribution in [-0.2, 0) is 32.4 Å². The van der Waals surface area contributed by atoms with E-state index in [1.807, 2.05) is 30.3 Å². The summed E-state index contributed by atoms with van der Waals surface area (Å²) >= 11 is 0. The van der Waals surface area contributed by atoms with E-state index in [0.717, 1.165) is 17.9 Å². The van der Waals surface area contributed by atoms with Crippen molar-refractivity contribution in [3.8, 4) is 11.8 Å². The van der Waals surface area contributed by atoms with E-state index in [1.165, 1.54) is 34.0 Å². The summed E-state index contributed by atoms with van der Waals surface area (Å²) < 4.78 is 59.4. The number of carbonyl (C=O) groups is 1. The maximum Gasteiger partial charge on any atom is 0.278 e. The van der Waals surface area contributed by atoms with Crippen molar-refractivity contribution in [2.45, 2.75) is 69.9 Å². The predicted octanol–water partition coefficient (Wildman–Crippen LogP) is 5.93. The Bertz CT molecular complexity index is 2070. The molecule has 1 saturated heterocycles. The van der Waals surface area contributed by atoms with Crippen molar-refractivity contribution >= 4 is 24.1 Å². The summed E-state index contributed by atoms with van der Waals surface area (Å²) in [6.07, 6.45) is 1.89. The Morgan fingerprint density at radius 3 is 2.44 bits per heavy atom. The van der Waals surface area contributed by atoms with Gasteiger partial charge in [0.2, 0.25) is 0 Å². The van der Waals surface area contributed by atoms with Gasteiger partial charge in [-0.15, -0.1) is 0 Å². The number of benzene rings is 3. The lowest BCUT2D eigenvalue weighted by Gasteiger charge is -2.36. The second-order valence-electron chi connectivity index (χ2n) is 14.1. The van der Waals surface area contributed by atoms with Crippen LogP contribution >= 0.6 is 0 Å². The largest absolute Gasteiger partial charge is 0.483 e. The monoisotopic (exact) mass is 746 g/mol. The van der Waals surface area contributed by atoms with E-state index in [1.54, 1.807) is 30.3 Å².